The highest BCUT2D eigenvalue weighted by Gasteiger charge is 2.23. The summed E-state index contributed by atoms with van der Waals surface area (Å²) in [5.41, 5.74) is 3.19. The number of benzene rings is 2. The molecular weight excluding hydrogens is 338 g/mol. The minimum absolute atomic E-state index is 0.0887. The molecule has 136 valence electrons. The summed E-state index contributed by atoms with van der Waals surface area (Å²) < 4.78 is 2.02. The van der Waals surface area contributed by atoms with E-state index in [1.165, 1.54) is 0 Å². The quantitative estimate of drug-likeness (QED) is 0.707. The van der Waals surface area contributed by atoms with Gasteiger partial charge in [0.05, 0.1) is 6.42 Å². The van der Waals surface area contributed by atoms with Crippen molar-refractivity contribution in [2.24, 2.45) is 0 Å². The first kappa shape index (κ1) is 17.1. The average Bonchev–Trinajstić information content (AvgIpc) is 3.31. The van der Waals surface area contributed by atoms with E-state index in [4.69, 9.17) is 0 Å². The van der Waals surface area contributed by atoms with Crippen LogP contribution in [0.1, 0.15) is 28.8 Å². The predicted octanol–water partition coefficient (Wildman–Crippen LogP) is 3.55. The van der Waals surface area contributed by atoms with E-state index >= 15 is 0 Å². The van der Waals surface area contributed by atoms with Crippen molar-refractivity contribution >= 4 is 17.5 Å². The molecule has 5 nitrogen and oxygen atoms in total. The van der Waals surface area contributed by atoms with E-state index in [9.17, 15) is 9.59 Å². The number of rotatable bonds is 6. The zero-order valence-corrected chi connectivity index (χ0v) is 14.9. The van der Waals surface area contributed by atoms with Crippen LogP contribution in [-0.2, 0) is 11.2 Å². The summed E-state index contributed by atoms with van der Waals surface area (Å²) in [5, 5.41) is 5.83. The van der Waals surface area contributed by atoms with Gasteiger partial charge in [0.2, 0.25) is 5.91 Å². The molecule has 0 saturated heterocycles. The Morgan fingerprint density at radius 2 is 1.70 bits per heavy atom. The van der Waals surface area contributed by atoms with Gasteiger partial charge in [-0.2, -0.15) is 0 Å². The van der Waals surface area contributed by atoms with Crippen molar-refractivity contribution < 1.29 is 9.59 Å². The number of nitrogens with one attached hydrogen (secondary N) is 2. The summed E-state index contributed by atoms with van der Waals surface area (Å²) in [4.78, 5) is 24.5. The second kappa shape index (κ2) is 7.50. The van der Waals surface area contributed by atoms with Crippen LogP contribution < -0.4 is 10.6 Å². The summed E-state index contributed by atoms with van der Waals surface area (Å²) in [6.45, 7) is 0. The zero-order chi connectivity index (χ0) is 18.6. The highest BCUT2D eigenvalue weighted by molar-refractivity contribution is 5.97. The van der Waals surface area contributed by atoms with Crippen LogP contribution in [0.5, 0.6) is 0 Å². The van der Waals surface area contributed by atoms with E-state index in [0.717, 1.165) is 24.1 Å². The van der Waals surface area contributed by atoms with Crippen molar-refractivity contribution in [1.82, 2.24) is 9.88 Å². The van der Waals surface area contributed by atoms with Crippen LogP contribution in [0.25, 0.3) is 5.69 Å². The lowest BCUT2D eigenvalue weighted by molar-refractivity contribution is -0.115. The first-order valence-corrected chi connectivity index (χ1v) is 9.10. The van der Waals surface area contributed by atoms with Crippen LogP contribution in [0.4, 0.5) is 5.69 Å². The fraction of sp³-hybridized carbons (Fsp3) is 0.182. The van der Waals surface area contributed by atoms with Gasteiger partial charge in [-0.25, -0.2) is 0 Å². The Labute approximate surface area is 158 Å². The van der Waals surface area contributed by atoms with Gasteiger partial charge < -0.3 is 15.2 Å². The van der Waals surface area contributed by atoms with E-state index in [1.807, 2.05) is 53.4 Å². The number of anilines is 1. The molecule has 1 aliphatic rings. The van der Waals surface area contributed by atoms with E-state index in [1.54, 1.807) is 24.3 Å². The van der Waals surface area contributed by atoms with Crippen molar-refractivity contribution in [2.45, 2.75) is 25.3 Å². The Kier molecular flexibility index (Phi) is 4.75. The molecule has 2 aromatic carbocycles. The van der Waals surface area contributed by atoms with Crippen LogP contribution in [0.3, 0.4) is 0 Å². The number of nitrogens with zero attached hydrogens (tertiary/aromatic N) is 1. The van der Waals surface area contributed by atoms with Crippen LogP contribution in [0.2, 0.25) is 0 Å². The first-order chi connectivity index (χ1) is 13.2. The molecule has 0 spiro atoms. The number of hydrogen-bond acceptors (Lipinski definition) is 2. The maximum Gasteiger partial charge on any atom is 0.251 e. The SMILES string of the molecule is O=C(Cc1ccc(-n2cccc2)cc1)Nc1cccc(C(=O)NC2CC2)c1. The smallest absolute Gasteiger partial charge is 0.251 e. The van der Waals surface area contributed by atoms with Crippen molar-refractivity contribution in [3.63, 3.8) is 0 Å². The number of carbonyl (C=O) groups excluding carboxylic acids is 2. The number of aromatic nitrogens is 1. The molecule has 0 aliphatic heterocycles. The standard InChI is InChI=1S/C22H21N3O2/c26-21(14-16-6-10-20(11-7-16)25-12-1-2-13-25)23-19-5-3-4-17(15-19)22(27)24-18-8-9-18/h1-7,10-13,15,18H,8-9,14H2,(H,23,26)(H,24,27). The fourth-order valence-electron chi connectivity index (χ4n) is 2.92. The number of amides is 2. The molecule has 1 saturated carbocycles. The van der Waals surface area contributed by atoms with Gasteiger partial charge in [0.15, 0.2) is 0 Å². The summed E-state index contributed by atoms with van der Waals surface area (Å²) in [7, 11) is 0. The first-order valence-electron chi connectivity index (χ1n) is 9.10. The fourth-order valence-corrected chi connectivity index (χ4v) is 2.92. The van der Waals surface area contributed by atoms with E-state index in [0.29, 0.717) is 17.3 Å². The molecule has 1 aliphatic carbocycles. The maximum atomic E-state index is 12.3. The number of carbonyl (C=O) groups is 2. The summed E-state index contributed by atoms with van der Waals surface area (Å²) in [5.74, 6) is -0.197. The van der Waals surface area contributed by atoms with Crippen LogP contribution in [0, 0.1) is 0 Å². The summed E-state index contributed by atoms with van der Waals surface area (Å²) >= 11 is 0. The predicted molar refractivity (Wildman–Crippen MR) is 105 cm³/mol. The molecule has 1 aromatic heterocycles. The molecule has 2 amide bonds. The van der Waals surface area contributed by atoms with Crippen LogP contribution in [0.15, 0.2) is 73.1 Å². The van der Waals surface area contributed by atoms with Crippen LogP contribution >= 0.6 is 0 Å². The van der Waals surface area contributed by atoms with Crippen molar-refractivity contribution in [2.75, 3.05) is 5.32 Å². The van der Waals surface area contributed by atoms with Gasteiger partial charge in [-0.3, -0.25) is 9.59 Å². The van der Waals surface area contributed by atoms with Crippen molar-refractivity contribution in [1.29, 1.82) is 0 Å². The zero-order valence-electron chi connectivity index (χ0n) is 14.9. The third kappa shape index (κ3) is 4.44. The Morgan fingerprint density at radius 1 is 0.963 bits per heavy atom. The third-order valence-electron chi connectivity index (χ3n) is 4.52. The average molecular weight is 359 g/mol. The Bertz CT molecular complexity index is 942. The Hall–Kier alpha value is -3.34. The van der Waals surface area contributed by atoms with Gasteiger partial charge in [0, 0.05) is 35.4 Å². The molecule has 4 rings (SSSR count). The Morgan fingerprint density at radius 3 is 2.41 bits per heavy atom. The van der Waals surface area contributed by atoms with E-state index in [-0.39, 0.29) is 18.2 Å². The van der Waals surface area contributed by atoms with E-state index in [2.05, 4.69) is 10.6 Å². The molecule has 1 heterocycles. The normalized spacial score (nSPS) is 13.2. The minimum Gasteiger partial charge on any atom is -0.349 e. The second-order valence-corrected chi connectivity index (χ2v) is 6.81. The molecule has 0 unspecified atom stereocenters. The molecule has 1 fully saturated rings. The highest BCUT2D eigenvalue weighted by Crippen LogP contribution is 2.20. The monoisotopic (exact) mass is 359 g/mol. The van der Waals surface area contributed by atoms with Gasteiger partial charge in [-0.15, -0.1) is 0 Å². The Balaban J connectivity index is 1.37. The molecule has 0 radical (unpaired) electrons. The van der Waals surface area contributed by atoms with Gasteiger partial charge >= 0.3 is 0 Å². The lowest BCUT2D eigenvalue weighted by Crippen LogP contribution is -2.25. The highest BCUT2D eigenvalue weighted by atomic mass is 16.2. The van der Waals surface area contributed by atoms with E-state index < -0.39 is 0 Å². The van der Waals surface area contributed by atoms with Crippen molar-refractivity contribution in [3.05, 3.63) is 84.2 Å². The lowest BCUT2D eigenvalue weighted by atomic mass is 10.1. The molecular formula is C22H21N3O2. The maximum absolute atomic E-state index is 12.3. The lowest BCUT2D eigenvalue weighted by Gasteiger charge is -2.09. The summed E-state index contributed by atoms with van der Waals surface area (Å²) in [6.07, 6.45) is 6.34. The van der Waals surface area contributed by atoms with Gasteiger partial charge in [-0.1, -0.05) is 18.2 Å². The van der Waals surface area contributed by atoms with Crippen LogP contribution in [-0.4, -0.2) is 22.4 Å². The van der Waals surface area contributed by atoms with Crippen molar-refractivity contribution in [3.8, 4) is 5.69 Å². The molecule has 5 heteroatoms. The molecule has 2 N–H and O–H groups in total. The number of hydrogen-bond donors (Lipinski definition) is 2. The molecule has 0 atom stereocenters. The molecule has 0 bridgehead atoms. The van der Waals surface area contributed by atoms with Gasteiger partial charge in [-0.05, 0) is 60.9 Å². The summed E-state index contributed by atoms with van der Waals surface area (Å²) in [6, 6.07) is 19.2. The molecule has 27 heavy (non-hydrogen) atoms. The second-order valence-electron chi connectivity index (χ2n) is 6.81. The van der Waals surface area contributed by atoms with Gasteiger partial charge in [0.25, 0.3) is 5.91 Å². The largest absolute Gasteiger partial charge is 0.349 e. The third-order valence-corrected chi connectivity index (χ3v) is 4.52. The topological polar surface area (TPSA) is 63.1 Å². The van der Waals surface area contributed by atoms with Gasteiger partial charge in [0.1, 0.15) is 0 Å². The molecule has 3 aromatic rings. The minimum atomic E-state index is -0.108.